The molecule has 0 aliphatic rings. The molecule has 0 unspecified atom stereocenters. The van der Waals surface area contributed by atoms with Gasteiger partial charge in [0.1, 0.15) is 5.82 Å². The molecule has 2 nitrogen and oxygen atoms in total. The summed E-state index contributed by atoms with van der Waals surface area (Å²) in [4.78, 5) is 12.4. The van der Waals surface area contributed by atoms with E-state index in [0.717, 1.165) is 5.56 Å². The van der Waals surface area contributed by atoms with E-state index in [9.17, 15) is 9.18 Å². The van der Waals surface area contributed by atoms with Crippen LogP contribution in [0.25, 0.3) is 0 Å². The van der Waals surface area contributed by atoms with Crippen LogP contribution >= 0.6 is 23.4 Å². The number of amides is 1. The summed E-state index contributed by atoms with van der Waals surface area (Å²) in [6.45, 7) is 1.87. The first-order valence-corrected chi connectivity index (χ1v) is 7.85. The second-order valence-corrected chi connectivity index (χ2v) is 5.95. The second kappa shape index (κ2) is 7.48. The van der Waals surface area contributed by atoms with E-state index < -0.39 is 0 Å². The third-order valence-corrected chi connectivity index (χ3v) is 4.34. The van der Waals surface area contributed by atoms with Crippen molar-refractivity contribution in [3.63, 3.8) is 0 Å². The van der Waals surface area contributed by atoms with E-state index in [4.69, 9.17) is 11.6 Å². The molecule has 0 saturated carbocycles. The van der Waals surface area contributed by atoms with Gasteiger partial charge in [-0.15, -0.1) is 11.8 Å². The average molecular weight is 324 g/mol. The van der Waals surface area contributed by atoms with Crippen LogP contribution in [0.3, 0.4) is 0 Å². The number of thioether (sulfide) groups is 1. The fourth-order valence-electron chi connectivity index (χ4n) is 1.89. The summed E-state index contributed by atoms with van der Waals surface area (Å²) in [7, 11) is 0. The minimum absolute atomic E-state index is 0.157. The molecule has 1 atom stereocenters. The van der Waals surface area contributed by atoms with Crippen molar-refractivity contribution < 1.29 is 9.18 Å². The van der Waals surface area contributed by atoms with Crippen LogP contribution in [-0.4, -0.2) is 11.7 Å². The third kappa shape index (κ3) is 4.48. The lowest BCUT2D eigenvalue weighted by atomic mass is 10.1. The van der Waals surface area contributed by atoms with Crippen molar-refractivity contribution in [2.45, 2.75) is 17.9 Å². The highest BCUT2D eigenvalue weighted by Gasteiger charge is 2.13. The lowest BCUT2D eigenvalue weighted by molar-refractivity contribution is -0.119. The quantitative estimate of drug-likeness (QED) is 0.824. The first kappa shape index (κ1) is 15.9. The Balaban J connectivity index is 1.90. The van der Waals surface area contributed by atoms with E-state index >= 15 is 0 Å². The Morgan fingerprint density at radius 2 is 1.90 bits per heavy atom. The first-order valence-electron chi connectivity index (χ1n) is 6.49. The maximum Gasteiger partial charge on any atom is 0.230 e. The number of nitrogens with one attached hydrogen (secondary N) is 1. The average Bonchev–Trinajstić information content (AvgIpc) is 2.46. The molecule has 2 aromatic carbocycles. The predicted octanol–water partition coefficient (Wildman–Crippen LogP) is 4.45. The van der Waals surface area contributed by atoms with Crippen LogP contribution in [0.5, 0.6) is 0 Å². The molecule has 0 aromatic heterocycles. The fourth-order valence-corrected chi connectivity index (χ4v) is 2.94. The van der Waals surface area contributed by atoms with Gasteiger partial charge in [0.15, 0.2) is 0 Å². The molecule has 0 aliphatic heterocycles. The SMILES string of the molecule is C[C@H](NC(=O)CSc1ccccc1F)c1ccccc1Cl. The lowest BCUT2D eigenvalue weighted by Gasteiger charge is -2.15. The summed E-state index contributed by atoms with van der Waals surface area (Å²) in [5.74, 6) is -0.305. The van der Waals surface area contributed by atoms with Gasteiger partial charge in [0.25, 0.3) is 0 Å². The molecule has 0 radical (unpaired) electrons. The highest BCUT2D eigenvalue weighted by Crippen LogP contribution is 2.23. The molecule has 2 aromatic rings. The van der Waals surface area contributed by atoms with Crippen molar-refractivity contribution in [2.24, 2.45) is 0 Å². The van der Waals surface area contributed by atoms with Gasteiger partial charge in [0.05, 0.1) is 11.8 Å². The van der Waals surface area contributed by atoms with Crippen LogP contribution < -0.4 is 5.32 Å². The molecule has 21 heavy (non-hydrogen) atoms. The second-order valence-electron chi connectivity index (χ2n) is 4.53. The number of carbonyl (C=O) groups excluding carboxylic acids is 1. The normalized spacial score (nSPS) is 12.0. The zero-order valence-electron chi connectivity index (χ0n) is 11.5. The molecular weight excluding hydrogens is 309 g/mol. The van der Waals surface area contributed by atoms with Crippen LogP contribution in [0.1, 0.15) is 18.5 Å². The molecule has 1 N–H and O–H groups in total. The van der Waals surface area contributed by atoms with Crippen molar-refractivity contribution in [1.29, 1.82) is 0 Å². The van der Waals surface area contributed by atoms with Crippen molar-refractivity contribution in [3.8, 4) is 0 Å². The van der Waals surface area contributed by atoms with E-state index in [1.807, 2.05) is 25.1 Å². The highest BCUT2D eigenvalue weighted by molar-refractivity contribution is 8.00. The van der Waals surface area contributed by atoms with Gasteiger partial charge >= 0.3 is 0 Å². The molecule has 110 valence electrons. The monoisotopic (exact) mass is 323 g/mol. The zero-order chi connectivity index (χ0) is 15.2. The molecular formula is C16H15ClFNOS. The molecule has 0 aliphatic carbocycles. The molecule has 0 saturated heterocycles. The molecule has 0 heterocycles. The summed E-state index contributed by atoms with van der Waals surface area (Å²) >= 11 is 7.27. The summed E-state index contributed by atoms with van der Waals surface area (Å²) < 4.78 is 13.5. The van der Waals surface area contributed by atoms with E-state index in [1.165, 1.54) is 17.8 Å². The van der Waals surface area contributed by atoms with Gasteiger partial charge in [-0.3, -0.25) is 4.79 Å². The van der Waals surface area contributed by atoms with Crippen LogP contribution in [0.4, 0.5) is 4.39 Å². The van der Waals surface area contributed by atoms with Gasteiger partial charge in [-0.05, 0) is 30.7 Å². The number of hydrogen-bond acceptors (Lipinski definition) is 2. The maximum absolute atomic E-state index is 13.5. The van der Waals surface area contributed by atoms with Gasteiger partial charge in [0, 0.05) is 9.92 Å². The Morgan fingerprint density at radius 3 is 2.62 bits per heavy atom. The van der Waals surface area contributed by atoms with Crippen LogP contribution in [0.2, 0.25) is 5.02 Å². The van der Waals surface area contributed by atoms with Crippen LogP contribution in [0.15, 0.2) is 53.4 Å². The fraction of sp³-hybridized carbons (Fsp3) is 0.188. The first-order chi connectivity index (χ1) is 10.1. The molecule has 5 heteroatoms. The van der Waals surface area contributed by atoms with Crippen molar-refractivity contribution in [2.75, 3.05) is 5.75 Å². The largest absolute Gasteiger partial charge is 0.349 e. The standard InChI is InChI=1S/C16H15ClFNOS/c1-11(12-6-2-3-7-13(12)17)19-16(20)10-21-15-9-5-4-8-14(15)18/h2-9,11H,10H2,1H3,(H,19,20)/t11-/m0/s1. The Labute approximate surface area is 132 Å². The van der Waals surface area contributed by atoms with Gasteiger partial charge in [-0.2, -0.15) is 0 Å². The van der Waals surface area contributed by atoms with Crippen molar-refractivity contribution in [1.82, 2.24) is 5.32 Å². The van der Waals surface area contributed by atoms with E-state index in [2.05, 4.69) is 5.32 Å². The Hall–Kier alpha value is -1.52. The third-order valence-electron chi connectivity index (χ3n) is 2.94. The highest BCUT2D eigenvalue weighted by atomic mass is 35.5. The lowest BCUT2D eigenvalue weighted by Crippen LogP contribution is -2.28. The van der Waals surface area contributed by atoms with E-state index in [1.54, 1.807) is 24.3 Å². The number of benzene rings is 2. The molecule has 0 fully saturated rings. The molecule has 0 bridgehead atoms. The summed E-state index contributed by atoms with van der Waals surface area (Å²) in [5, 5.41) is 3.48. The number of hydrogen-bond donors (Lipinski definition) is 1. The molecule has 1 amide bonds. The maximum atomic E-state index is 13.5. The number of rotatable bonds is 5. The van der Waals surface area contributed by atoms with E-state index in [0.29, 0.717) is 9.92 Å². The van der Waals surface area contributed by atoms with Gasteiger partial charge in [-0.1, -0.05) is 41.9 Å². The topological polar surface area (TPSA) is 29.1 Å². The minimum atomic E-state index is -0.311. The zero-order valence-corrected chi connectivity index (χ0v) is 13.0. The van der Waals surface area contributed by atoms with Gasteiger partial charge in [0.2, 0.25) is 5.91 Å². The summed E-state index contributed by atoms with van der Waals surface area (Å²) in [5.41, 5.74) is 0.864. The van der Waals surface area contributed by atoms with Crippen LogP contribution in [-0.2, 0) is 4.79 Å². The number of carbonyl (C=O) groups is 1. The van der Waals surface area contributed by atoms with Crippen molar-refractivity contribution >= 4 is 29.3 Å². The number of halogens is 2. The van der Waals surface area contributed by atoms with Gasteiger partial charge < -0.3 is 5.32 Å². The summed E-state index contributed by atoms with van der Waals surface area (Å²) in [6, 6.07) is 13.6. The predicted molar refractivity (Wildman–Crippen MR) is 85.1 cm³/mol. The van der Waals surface area contributed by atoms with E-state index in [-0.39, 0.29) is 23.5 Å². The minimum Gasteiger partial charge on any atom is -0.349 e. The smallest absolute Gasteiger partial charge is 0.230 e. The Morgan fingerprint density at radius 1 is 1.24 bits per heavy atom. The Kier molecular flexibility index (Phi) is 5.65. The molecule has 2 rings (SSSR count). The molecule has 0 spiro atoms. The van der Waals surface area contributed by atoms with Crippen molar-refractivity contribution in [3.05, 3.63) is 64.9 Å². The Bertz CT molecular complexity index is 635. The summed E-state index contributed by atoms with van der Waals surface area (Å²) in [6.07, 6.45) is 0. The van der Waals surface area contributed by atoms with Gasteiger partial charge in [-0.25, -0.2) is 4.39 Å². The van der Waals surface area contributed by atoms with Crippen LogP contribution in [0, 0.1) is 5.82 Å².